The molecule has 2 aromatic rings. The van der Waals surface area contributed by atoms with Crippen LogP contribution in [0.2, 0.25) is 0 Å². The molecular formula is C14H19N3O3S. The van der Waals surface area contributed by atoms with Crippen LogP contribution in [0, 0.1) is 0 Å². The summed E-state index contributed by atoms with van der Waals surface area (Å²) in [7, 11) is -1.48. The van der Waals surface area contributed by atoms with E-state index in [2.05, 4.69) is 9.88 Å². The second kappa shape index (κ2) is 5.31. The summed E-state index contributed by atoms with van der Waals surface area (Å²) in [6.45, 7) is 1.49. The molecule has 0 aliphatic carbocycles. The minimum absolute atomic E-state index is 0.0561. The van der Waals surface area contributed by atoms with Gasteiger partial charge in [-0.15, -0.1) is 0 Å². The number of nitrogens with zero attached hydrogens (tertiary/aromatic N) is 3. The molecule has 0 unspecified atom stereocenters. The quantitative estimate of drug-likeness (QED) is 0.863. The predicted molar refractivity (Wildman–Crippen MR) is 81.9 cm³/mol. The fourth-order valence-electron chi connectivity index (χ4n) is 2.69. The molecule has 1 saturated heterocycles. The molecule has 6 nitrogen and oxygen atoms in total. The van der Waals surface area contributed by atoms with E-state index in [0.29, 0.717) is 6.01 Å². The fraction of sp³-hybridized carbons (Fsp3) is 0.500. The van der Waals surface area contributed by atoms with Crippen LogP contribution in [0.4, 0.5) is 6.01 Å². The van der Waals surface area contributed by atoms with Gasteiger partial charge in [-0.1, -0.05) is 12.1 Å². The number of anilines is 1. The van der Waals surface area contributed by atoms with Crippen molar-refractivity contribution < 1.29 is 12.8 Å². The lowest BCUT2D eigenvalue weighted by Gasteiger charge is -2.34. The highest BCUT2D eigenvalue weighted by Crippen LogP contribution is 2.25. The van der Waals surface area contributed by atoms with Crippen LogP contribution in [-0.2, 0) is 10.0 Å². The number of para-hydroxylation sites is 2. The van der Waals surface area contributed by atoms with Gasteiger partial charge < -0.3 is 9.32 Å². The molecule has 1 aliphatic heterocycles. The van der Waals surface area contributed by atoms with Crippen LogP contribution >= 0.6 is 0 Å². The Hall–Kier alpha value is -1.60. The maximum absolute atomic E-state index is 11.6. The SMILES string of the molecule is CN(C1CCN(c2nc3ccccc3o2)CC1)S(C)(=O)=O. The smallest absolute Gasteiger partial charge is 0.298 e. The molecule has 3 rings (SSSR count). The highest BCUT2D eigenvalue weighted by Gasteiger charge is 2.28. The summed E-state index contributed by atoms with van der Waals surface area (Å²) in [5.74, 6) is 0. The van der Waals surface area contributed by atoms with E-state index in [-0.39, 0.29) is 6.04 Å². The van der Waals surface area contributed by atoms with Crippen molar-refractivity contribution in [2.75, 3.05) is 31.3 Å². The second-order valence-corrected chi connectivity index (χ2v) is 7.50. The molecule has 7 heteroatoms. The standard InChI is InChI=1S/C14H19N3O3S/c1-16(21(2,18)19)11-7-9-17(10-8-11)14-15-12-5-3-4-6-13(12)20-14/h3-6,11H,7-10H2,1-2H3. The number of aromatic nitrogens is 1. The number of benzene rings is 1. The maximum atomic E-state index is 11.6. The van der Waals surface area contributed by atoms with Crippen molar-refractivity contribution in [1.82, 2.24) is 9.29 Å². The summed E-state index contributed by atoms with van der Waals surface area (Å²) in [5.41, 5.74) is 1.63. The minimum atomic E-state index is -3.13. The zero-order valence-corrected chi connectivity index (χ0v) is 13.0. The molecule has 1 aromatic heterocycles. The van der Waals surface area contributed by atoms with Crippen molar-refractivity contribution >= 4 is 27.1 Å². The summed E-state index contributed by atoms with van der Waals surface area (Å²) in [5, 5.41) is 0. The Bertz CT molecular complexity index is 700. The summed E-state index contributed by atoms with van der Waals surface area (Å²) in [6.07, 6.45) is 2.81. The zero-order valence-electron chi connectivity index (χ0n) is 12.2. The highest BCUT2D eigenvalue weighted by molar-refractivity contribution is 7.88. The maximum Gasteiger partial charge on any atom is 0.298 e. The lowest BCUT2D eigenvalue weighted by atomic mass is 10.1. The number of fused-ring (bicyclic) bond motifs is 1. The number of rotatable bonds is 3. The third-order valence-electron chi connectivity index (χ3n) is 4.05. The molecule has 0 radical (unpaired) electrons. The van der Waals surface area contributed by atoms with Gasteiger partial charge in [-0.05, 0) is 25.0 Å². The average Bonchev–Trinajstić information content (AvgIpc) is 2.89. The summed E-state index contributed by atoms with van der Waals surface area (Å²) < 4.78 is 30.4. The Labute approximate surface area is 124 Å². The second-order valence-electron chi connectivity index (χ2n) is 5.46. The average molecular weight is 309 g/mol. The van der Waals surface area contributed by atoms with Crippen molar-refractivity contribution in [3.05, 3.63) is 24.3 Å². The van der Waals surface area contributed by atoms with E-state index in [1.54, 1.807) is 7.05 Å². The van der Waals surface area contributed by atoms with Crippen LogP contribution in [-0.4, -0.2) is 50.1 Å². The number of sulfonamides is 1. The molecule has 0 N–H and O–H groups in total. The number of hydrogen-bond acceptors (Lipinski definition) is 5. The van der Waals surface area contributed by atoms with Gasteiger partial charge in [-0.25, -0.2) is 12.7 Å². The summed E-state index contributed by atoms with van der Waals surface area (Å²) >= 11 is 0. The molecule has 1 aromatic carbocycles. The van der Waals surface area contributed by atoms with Gasteiger partial charge in [0.2, 0.25) is 10.0 Å². The first-order valence-corrected chi connectivity index (χ1v) is 8.83. The lowest BCUT2D eigenvalue weighted by molar-refractivity contribution is 0.309. The van der Waals surface area contributed by atoms with Gasteiger partial charge in [0.15, 0.2) is 5.58 Å². The third-order valence-corrected chi connectivity index (χ3v) is 5.40. The van der Waals surface area contributed by atoms with E-state index >= 15 is 0 Å². The third kappa shape index (κ3) is 2.89. The topological polar surface area (TPSA) is 66.7 Å². The van der Waals surface area contributed by atoms with Crippen LogP contribution in [0.15, 0.2) is 28.7 Å². The Morgan fingerprint density at radius 2 is 1.95 bits per heavy atom. The first kappa shape index (κ1) is 14.3. The van der Waals surface area contributed by atoms with Crippen LogP contribution in [0.1, 0.15) is 12.8 Å². The molecular weight excluding hydrogens is 290 g/mol. The normalized spacial score (nSPS) is 17.8. The first-order valence-electron chi connectivity index (χ1n) is 6.98. The summed E-state index contributed by atoms with van der Waals surface area (Å²) in [6, 6.07) is 8.35. The van der Waals surface area contributed by atoms with Crippen LogP contribution < -0.4 is 4.90 Å². The fourth-order valence-corrected chi connectivity index (χ4v) is 3.44. The van der Waals surface area contributed by atoms with Gasteiger partial charge in [0.25, 0.3) is 6.01 Å². The van der Waals surface area contributed by atoms with Crippen LogP contribution in [0.25, 0.3) is 11.1 Å². The van der Waals surface area contributed by atoms with Crippen molar-refractivity contribution in [2.45, 2.75) is 18.9 Å². The molecule has 1 aliphatic rings. The molecule has 21 heavy (non-hydrogen) atoms. The lowest BCUT2D eigenvalue weighted by Crippen LogP contribution is -2.45. The van der Waals surface area contributed by atoms with Gasteiger partial charge in [0.1, 0.15) is 5.52 Å². The molecule has 0 atom stereocenters. The van der Waals surface area contributed by atoms with Gasteiger partial charge in [-0.3, -0.25) is 0 Å². The predicted octanol–water partition coefficient (Wildman–Crippen LogP) is 1.69. The minimum Gasteiger partial charge on any atom is -0.423 e. The zero-order chi connectivity index (χ0) is 15.0. The number of piperidine rings is 1. The molecule has 0 bridgehead atoms. The van der Waals surface area contributed by atoms with E-state index in [0.717, 1.165) is 37.0 Å². The van der Waals surface area contributed by atoms with E-state index in [1.165, 1.54) is 10.6 Å². The van der Waals surface area contributed by atoms with Gasteiger partial charge in [-0.2, -0.15) is 4.98 Å². The summed E-state index contributed by atoms with van der Waals surface area (Å²) in [4.78, 5) is 6.56. The first-order chi connectivity index (χ1) is 9.95. The highest BCUT2D eigenvalue weighted by atomic mass is 32.2. The van der Waals surface area contributed by atoms with Gasteiger partial charge in [0.05, 0.1) is 6.26 Å². The van der Waals surface area contributed by atoms with Gasteiger partial charge >= 0.3 is 0 Å². The van der Waals surface area contributed by atoms with E-state index in [1.807, 2.05) is 24.3 Å². The number of oxazole rings is 1. The van der Waals surface area contributed by atoms with E-state index in [9.17, 15) is 8.42 Å². The Kier molecular flexibility index (Phi) is 3.62. The monoisotopic (exact) mass is 309 g/mol. The van der Waals surface area contributed by atoms with Crippen LogP contribution in [0.5, 0.6) is 0 Å². The van der Waals surface area contributed by atoms with E-state index < -0.39 is 10.0 Å². The van der Waals surface area contributed by atoms with Crippen molar-refractivity contribution in [3.8, 4) is 0 Å². The molecule has 2 heterocycles. The Morgan fingerprint density at radius 1 is 1.29 bits per heavy atom. The molecule has 0 saturated carbocycles. The Morgan fingerprint density at radius 3 is 2.57 bits per heavy atom. The Balaban J connectivity index is 1.71. The van der Waals surface area contributed by atoms with Gasteiger partial charge in [0, 0.05) is 26.2 Å². The van der Waals surface area contributed by atoms with Crippen molar-refractivity contribution in [3.63, 3.8) is 0 Å². The molecule has 0 amide bonds. The van der Waals surface area contributed by atoms with Crippen molar-refractivity contribution in [1.29, 1.82) is 0 Å². The van der Waals surface area contributed by atoms with E-state index in [4.69, 9.17) is 4.42 Å². The van der Waals surface area contributed by atoms with Crippen LogP contribution in [0.3, 0.4) is 0 Å². The number of hydrogen-bond donors (Lipinski definition) is 0. The molecule has 0 spiro atoms. The molecule has 114 valence electrons. The largest absolute Gasteiger partial charge is 0.423 e. The molecule has 1 fully saturated rings. The van der Waals surface area contributed by atoms with Crippen molar-refractivity contribution in [2.24, 2.45) is 0 Å².